The summed E-state index contributed by atoms with van der Waals surface area (Å²) in [4.78, 5) is 43.5. The van der Waals surface area contributed by atoms with Gasteiger partial charge in [0.15, 0.2) is 6.29 Å². The molecule has 1 fully saturated rings. The third-order valence-corrected chi connectivity index (χ3v) is 12.0. The van der Waals surface area contributed by atoms with Gasteiger partial charge in [0, 0.05) is 34.5 Å². The maximum Gasteiger partial charge on any atom is 0.330 e. The summed E-state index contributed by atoms with van der Waals surface area (Å²) in [5.74, 6) is 2.22. The molecule has 5 aromatic carbocycles. The number of carbonyl (C=O) groups excluding carboxylic acids is 4. The van der Waals surface area contributed by atoms with Gasteiger partial charge in [-0.25, -0.2) is 4.79 Å². The molecule has 8 nitrogen and oxygen atoms in total. The average Bonchev–Trinajstić information content (AvgIpc) is 3.87. The van der Waals surface area contributed by atoms with Crippen LogP contribution in [0.15, 0.2) is 102 Å². The van der Waals surface area contributed by atoms with E-state index in [2.05, 4.69) is 172 Å². The van der Waals surface area contributed by atoms with Crippen molar-refractivity contribution >= 4 is 46.5 Å². The first-order chi connectivity index (χ1) is 36.5. The highest BCUT2D eigenvalue weighted by Crippen LogP contribution is 2.27. The lowest BCUT2D eigenvalue weighted by molar-refractivity contribution is -0.143. The maximum atomic E-state index is 11.3. The second-order valence-corrected chi connectivity index (χ2v) is 22.8. The van der Waals surface area contributed by atoms with Crippen LogP contribution in [0.25, 0.3) is 6.08 Å². The van der Waals surface area contributed by atoms with E-state index in [1.54, 1.807) is 6.92 Å². The highest BCUT2D eigenvalue weighted by Gasteiger charge is 2.18. The Morgan fingerprint density at radius 3 is 1.39 bits per heavy atom. The molecule has 0 aliphatic carbocycles. The van der Waals surface area contributed by atoms with Crippen molar-refractivity contribution in [3.8, 4) is 0 Å². The molecule has 0 unspecified atom stereocenters. The molecule has 0 radical (unpaired) electrons. The Kier molecular flexibility index (Phi) is 32.8. The summed E-state index contributed by atoms with van der Waals surface area (Å²) >= 11 is 3.45. The van der Waals surface area contributed by atoms with Crippen molar-refractivity contribution in [2.45, 2.75) is 162 Å². The standard InChI is InChI=1S/C16H24O2.C16H22O2.C14H20O.C12H16O.C10H11BrO2/c2*1-5-18-16(17)7-6-14-9-13(4)10-15(11-14)8-12(2)3;1-11(2)7-14-9-12(3)8-13(10-14)5-4-6-15;1-9(2)4-11-5-10(3)6-12(7-11)8-13;1-7-4-8(6-9(11)5-7)10-12-2-3-13-10/h9-12H,5-8H2,1-4H3;6-7,9-12H,5,8H2,1-4H3;6,8-11H,4-5,7H2,1-3H3;5-9H,4H2,1-3H3;4-6,10H,2-3H2,1H3/b;7-6+;;;. The first-order valence-corrected chi connectivity index (χ1v) is 28.6. The Bertz CT molecular complexity index is 2560. The molecule has 5 aromatic rings. The van der Waals surface area contributed by atoms with E-state index in [-0.39, 0.29) is 18.2 Å². The van der Waals surface area contributed by atoms with Gasteiger partial charge < -0.3 is 23.7 Å². The third kappa shape index (κ3) is 30.9. The molecule has 0 amide bonds. The minimum absolute atomic E-state index is 0.107. The summed E-state index contributed by atoms with van der Waals surface area (Å²) in [6, 6.07) is 31.9. The van der Waals surface area contributed by atoms with Crippen molar-refractivity contribution in [2.75, 3.05) is 26.4 Å². The van der Waals surface area contributed by atoms with E-state index in [0.29, 0.717) is 62.9 Å². The van der Waals surface area contributed by atoms with Crippen molar-refractivity contribution in [2.24, 2.45) is 23.7 Å². The van der Waals surface area contributed by atoms with Gasteiger partial charge in [0.2, 0.25) is 0 Å². The van der Waals surface area contributed by atoms with Gasteiger partial charge in [-0.15, -0.1) is 0 Å². The summed E-state index contributed by atoms with van der Waals surface area (Å²) < 4.78 is 21.7. The van der Waals surface area contributed by atoms with Gasteiger partial charge in [-0.3, -0.25) is 9.59 Å². The minimum Gasteiger partial charge on any atom is -0.466 e. The van der Waals surface area contributed by atoms with Crippen molar-refractivity contribution < 1.29 is 38.1 Å². The number of aryl methyl sites for hydroxylation is 7. The van der Waals surface area contributed by atoms with Gasteiger partial charge in [0.25, 0.3) is 0 Å². The van der Waals surface area contributed by atoms with Crippen LogP contribution in [-0.4, -0.2) is 50.9 Å². The molecule has 77 heavy (non-hydrogen) atoms. The third-order valence-electron chi connectivity index (χ3n) is 11.6. The smallest absolute Gasteiger partial charge is 0.330 e. The van der Waals surface area contributed by atoms with Crippen LogP contribution in [-0.2, 0) is 71.9 Å². The lowest BCUT2D eigenvalue weighted by atomic mass is 9.97. The van der Waals surface area contributed by atoms with Crippen LogP contribution in [0.5, 0.6) is 0 Å². The highest BCUT2D eigenvalue weighted by atomic mass is 79.9. The van der Waals surface area contributed by atoms with E-state index in [1.807, 2.05) is 38.1 Å². The number of ether oxygens (including phenoxy) is 4. The van der Waals surface area contributed by atoms with Crippen molar-refractivity contribution in [3.63, 3.8) is 0 Å². The molecule has 0 saturated carbocycles. The van der Waals surface area contributed by atoms with E-state index in [1.165, 1.54) is 67.3 Å². The van der Waals surface area contributed by atoms with Crippen molar-refractivity contribution in [1.82, 2.24) is 0 Å². The zero-order valence-corrected chi connectivity index (χ0v) is 51.1. The first kappa shape index (κ1) is 67.6. The number of esters is 2. The van der Waals surface area contributed by atoms with Gasteiger partial charge >= 0.3 is 11.9 Å². The molecule has 0 atom stereocenters. The molecule has 1 aliphatic heterocycles. The van der Waals surface area contributed by atoms with Crippen LogP contribution in [0.2, 0.25) is 0 Å². The molecule has 1 aliphatic rings. The molecule has 420 valence electrons. The summed E-state index contributed by atoms with van der Waals surface area (Å²) in [5, 5.41) is 0. The zero-order valence-electron chi connectivity index (χ0n) is 49.5. The van der Waals surface area contributed by atoms with Gasteiger partial charge in [0.1, 0.15) is 12.6 Å². The fourth-order valence-electron chi connectivity index (χ4n) is 9.01. The Labute approximate surface area is 473 Å². The Morgan fingerprint density at radius 1 is 0.532 bits per heavy atom. The number of hydrogen-bond acceptors (Lipinski definition) is 8. The summed E-state index contributed by atoms with van der Waals surface area (Å²) in [7, 11) is 0. The monoisotopic (exact) mass is 1120 g/mol. The van der Waals surface area contributed by atoms with E-state index in [0.717, 1.165) is 72.3 Å². The molecule has 1 heterocycles. The van der Waals surface area contributed by atoms with Crippen molar-refractivity contribution in [1.29, 1.82) is 0 Å². The predicted molar refractivity (Wildman–Crippen MR) is 323 cm³/mol. The SMILES string of the molecule is CCOC(=O)/C=C/c1cc(C)cc(CC(C)C)c1.CCOC(=O)CCc1cc(C)cc(CC(C)C)c1.Cc1cc(Br)cc(C2OCCO2)c1.Cc1cc(C=O)cc(CC(C)C)c1.Cc1cc(CCC=O)cc(CC(C)C)c1. The number of benzene rings is 5. The quantitative estimate of drug-likeness (QED) is 0.0431. The summed E-state index contributed by atoms with van der Waals surface area (Å²) in [6.45, 7) is 34.0. The largest absolute Gasteiger partial charge is 0.466 e. The number of rotatable bonds is 20. The van der Waals surface area contributed by atoms with Crippen LogP contribution in [0, 0.1) is 58.3 Å². The predicted octanol–water partition coefficient (Wildman–Crippen LogP) is 16.6. The van der Waals surface area contributed by atoms with Gasteiger partial charge in [0.05, 0.1) is 26.4 Å². The van der Waals surface area contributed by atoms with E-state index < -0.39 is 0 Å². The first-order valence-electron chi connectivity index (χ1n) is 27.8. The van der Waals surface area contributed by atoms with E-state index >= 15 is 0 Å². The molecule has 1 saturated heterocycles. The zero-order chi connectivity index (χ0) is 57.5. The average molecular weight is 1120 g/mol. The highest BCUT2D eigenvalue weighted by molar-refractivity contribution is 9.10. The van der Waals surface area contributed by atoms with E-state index in [9.17, 15) is 19.2 Å². The normalized spacial score (nSPS) is 12.0. The lowest BCUT2D eigenvalue weighted by Crippen LogP contribution is -2.05. The molecule has 9 heteroatoms. The Balaban J connectivity index is 0.000000331. The Hall–Kier alpha value is -5.48. The van der Waals surface area contributed by atoms with Crippen LogP contribution in [0.1, 0.15) is 171 Å². The van der Waals surface area contributed by atoms with Crippen molar-refractivity contribution in [3.05, 3.63) is 179 Å². The molecule has 0 N–H and O–H groups in total. The fourth-order valence-corrected chi connectivity index (χ4v) is 9.63. The van der Waals surface area contributed by atoms with Gasteiger partial charge in [-0.05, 0) is 186 Å². The van der Waals surface area contributed by atoms with Crippen LogP contribution >= 0.6 is 15.9 Å². The number of halogens is 1. The van der Waals surface area contributed by atoms with Gasteiger partial charge in [-0.1, -0.05) is 160 Å². The second kappa shape index (κ2) is 37.4. The summed E-state index contributed by atoms with van der Waals surface area (Å²) in [6.07, 6.45) is 12.1. The Morgan fingerprint density at radius 2 is 0.948 bits per heavy atom. The number of aldehydes is 2. The summed E-state index contributed by atoms with van der Waals surface area (Å²) in [5.41, 5.74) is 17.0. The van der Waals surface area contributed by atoms with Gasteiger partial charge in [-0.2, -0.15) is 0 Å². The lowest BCUT2D eigenvalue weighted by Gasteiger charge is -2.10. The number of hydrogen-bond donors (Lipinski definition) is 0. The maximum absolute atomic E-state index is 11.3. The number of carbonyl (C=O) groups is 4. The fraction of sp³-hybridized carbons (Fsp3) is 0.471. The van der Waals surface area contributed by atoms with Crippen LogP contribution in [0.4, 0.5) is 0 Å². The van der Waals surface area contributed by atoms with Crippen LogP contribution < -0.4 is 0 Å². The second-order valence-electron chi connectivity index (χ2n) is 21.9. The molecule has 0 bridgehead atoms. The molecular formula is C68H93BrO8. The van der Waals surface area contributed by atoms with E-state index in [4.69, 9.17) is 18.9 Å². The molecule has 0 aromatic heterocycles. The molecule has 0 spiro atoms. The molecule has 6 rings (SSSR count). The van der Waals surface area contributed by atoms with Crippen LogP contribution in [0.3, 0.4) is 0 Å². The topological polar surface area (TPSA) is 105 Å². The molecular weight excluding hydrogens is 1020 g/mol. The minimum atomic E-state index is -0.288.